The van der Waals surface area contributed by atoms with E-state index in [9.17, 15) is 9.59 Å². The van der Waals surface area contributed by atoms with Gasteiger partial charge in [-0.3, -0.25) is 14.0 Å². The molecule has 1 aliphatic rings. The van der Waals surface area contributed by atoms with Gasteiger partial charge >= 0.3 is 5.97 Å². The van der Waals surface area contributed by atoms with Gasteiger partial charge in [-0.1, -0.05) is 41.7 Å². The number of benzene rings is 1. The van der Waals surface area contributed by atoms with E-state index in [0.29, 0.717) is 20.6 Å². The fourth-order valence-electron chi connectivity index (χ4n) is 3.64. The van der Waals surface area contributed by atoms with Crippen LogP contribution < -0.4 is 14.9 Å². The Morgan fingerprint density at radius 3 is 2.63 bits per heavy atom. The van der Waals surface area contributed by atoms with Crippen molar-refractivity contribution >= 4 is 23.4 Å². The molecular formula is C22H22N4O3S. The van der Waals surface area contributed by atoms with Gasteiger partial charge in [0.2, 0.25) is 0 Å². The summed E-state index contributed by atoms with van der Waals surface area (Å²) in [5.41, 5.74) is 3.31. The lowest BCUT2D eigenvalue weighted by Gasteiger charge is -2.24. The maximum atomic E-state index is 13.4. The summed E-state index contributed by atoms with van der Waals surface area (Å²) >= 11 is 1.31. The number of fused-ring (bicyclic) bond motifs is 1. The lowest BCUT2D eigenvalue weighted by molar-refractivity contribution is -0.139. The van der Waals surface area contributed by atoms with Crippen molar-refractivity contribution in [2.75, 3.05) is 6.61 Å². The zero-order chi connectivity index (χ0) is 21.4. The Hall–Kier alpha value is -3.26. The van der Waals surface area contributed by atoms with E-state index in [0.717, 1.165) is 16.8 Å². The van der Waals surface area contributed by atoms with Gasteiger partial charge in [0.1, 0.15) is 0 Å². The average molecular weight is 423 g/mol. The molecule has 7 nitrogen and oxygen atoms in total. The molecule has 1 atom stereocenters. The smallest absolute Gasteiger partial charge is 0.338 e. The highest BCUT2D eigenvalue weighted by Crippen LogP contribution is 2.30. The highest BCUT2D eigenvalue weighted by atomic mass is 32.1. The minimum absolute atomic E-state index is 0.190. The normalized spacial score (nSPS) is 16.4. The molecule has 0 radical (unpaired) electrons. The van der Waals surface area contributed by atoms with Crippen molar-refractivity contribution in [2.45, 2.75) is 26.8 Å². The lowest BCUT2D eigenvalue weighted by atomic mass is 9.96. The predicted molar refractivity (Wildman–Crippen MR) is 115 cm³/mol. The Morgan fingerprint density at radius 1 is 1.27 bits per heavy atom. The van der Waals surface area contributed by atoms with E-state index < -0.39 is 12.0 Å². The molecule has 3 heterocycles. The lowest BCUT2D eigenvalue weighted by Crippen LogP contribution is -2.39. The molecule has 0 fully saturated rings. The number of carbonyl (C=O) groups is 1. The van der Waals surface area contributed by atoms with Crippen LogP contribution in [-0.2, 0) is 16.6 Å². The Kier molecular flexibility index (Phi) is 5.26. The van der Waals surface area contributed by atoms with Crippen LogP contribution in [0.3, 0.4) is 0 Å². The number of esters is 1. The SMILES string of the molecule is CCOC(=O)C1=C(C)N=c2sc(=Cc3cn(C)nc3C)c(=O)n2[C@@H]1c1ccccc1. The van der Waals surface area contributed by atoms with E-state index in [1.807, 2.05) is 56.6 Å². The summed E-state index contributed by atoms with van der Waals surface area (Å²) < 4.78 is 9.15. The second kappa shape index (κ2) is 7.87. The zero-order valence-corrected chi connectivity index (χ0v) is 18.1. The number of hydrogen-bond donors (Lipinski definition) is 0. The van der Waals surface area contributed by atoms with Crippen LogP contribution in [0.1, 0.15) is 36.7 Å². The van der Waals surface area contributed by atoms with Crippen LogP contribution in [-0.4, -0.2) is 26.9 Å². The molecular weight excluding hydrogens is 400 g/mol. The monoisotopic (exact) mass is 422 g/mol. The number of nitrogens with zero attached hydrogens (tertiary/aromatic N) is 4. The summed E-state index contributed by atoms with van der Waals surface area (Å²) in [5, 5.41) is 4.34. The van der Waals surface area contributed by atoms with Crippen molar-refractivity contribution in [3.8, 4) is 0 Å². The van der Waals surface area contributed by atoms with E-state index in [2.05, 4.69) is 10.1 Å². The summed E-state index contributed by atoms with van der Waals surface area (Å²) in [6, 6.07) is 8.92. The van der Waals surface area contributed by atoms with Crippen molar-refractivity contribution in [3.05, 3.63) is 84.3 Å². The predicted octanol–water partition coefficient (Wildman–Crippen LogP) is 1.84. The van der Waals surface area contributed by atoms with Crippen molar-refractivity contribution in [1.82, 2.24) is 14.3 Å². The Labute approximate surface area is 177 Å². The Balaban J connectivity index is 1.97. The summed E-state index contributed by atoms with van der Waals surface area (Å²) in [4.78, 5) is 31.4. The average Bonchev–Trinajstić information content (AvgIpc) is 3.19. The van der Waals surface area contributed by atoms with Crippen LogP contribution in [0.25, 0.3) is 6.08 Å². The molecule has 1 aromatic carbocycles. The van der Waals surface area contributed by atoms with Crippen LogP contribution in [0.2, 0.25) is 0 Å². The molecule has 0 aliphatic carbocycles. The number of carbonyl (C=O) groups excluding carboxylic acids is 1. The van der Waals surface area contributed by atoms with Gasteiger partial charge in [-0.05, 0) is 32.4 Å². The van der Waals surface area contributed by atoms with Gasteiger partial charge in [-0.15, -0.1) is 0 Å². The molecule has 0 unspecified atom stereocenters. The number of rotatable bonds is 4. The third kappa shape index (κ3) is 3.43. The van der Waals surface area contributed by atoms with E-state index >= 15 is 0 Å². The van der Waals surface area contributed by atoms with Gasteiger partial charge in [-0.2, -0.15) is 5.10 Å². The molecule has 154 valence electrons. The molecule has 0 saturated heterocycles. The number of allylic oxidation sites excluding steroid dienone is 1. The second-order valence-electron chi connectivity index (χ2n) is 7.06. The summed E-state index contributed by atoms with van der Waals surface area (Å²) in [5.74, 6) is -0.454. The Bertz CT molecular complexity index is 1330. The molecule has 30 heavy (non-hydrogen) atoms. The topological polar surface area (TPSA) is 78.5 Å². The third-order valence-corrected chi connectivity index (χ3v) is 5.95. The molecule has 0 saturated carbocycles. The minimum atomic E-state index is -0.585. The highest BCUT2D eigenvalue weighted by molar-refractivity contribution is 7.07. The largest absolute Gasteiger partial charge is 0.463 e. The van der Waals surface area contributed by atoms with E-state index in [1.165, 1.54) is 11.3 Å². The first kappa shape index (κ1) is 20.0. The molecule has 0 spiro atoms. The molecule has 8 heteroatoms. The first-order chi connectivity index (χ1) is 14.4. The van der Waals surface area contributed by atoms with E-state index in [4.69, 9.17) is 4.74 Å². The maximum Gasteiger partial charge on any atom is 0.338 e. The number of thiazole rings is 1. The number of aromatic nitrogens is 3. The van der Waals surface area contributed by atoms with Gasteiger partial charge < -0.3 is 4.74 Å². The molecule has 0 bridgehead atoms. The summed E-state index contributed by atoms with van der Waals surface area (Å²) in [6.07, 6.45) is 3.70. The summed E-state index contributed by atoms with van der Waals surface area (Å²) in [7, 11) is 1.84. The van der Waals surface area contributed by atoms with Gasteiger partial charge in [-0.25, -0.2) is 9.79 Å². The van der Waals surface area contributed by atoms with Crippen LogP contribution in [0, 0.1) is 6.92 Å². The minimum Gasteiger partial charge on any atom is -0.463 e. The molecule has 2 aromatic heterocycles. The zero-order valence-electron chi connectivity index (χ0n) is 17.2. The number of aryl methyl sites for hydroxylation is 2. The van der Waals surface area contributed by atoms with Crippen molar-refractivity contribution in [2.24, 2.45) is 12.0 Å². The maximum absolute atomic E-state index is 13.4. The van der Waals surface area contributed by atoms with Gasteiger partial charge in [0.25, 0.3) is 5.56 Å². The summed E-state index contributed by atoms with van der Waals surface area (Å²) in [6.45, 7) is 5.70. The molecule has 4 rings (SSSR count). The van der Waals surface area contributed by atoms with Crippen molar-refractivity contribution in [3.63, 3.8) is 0 Å². The fourth-order valence-corrected chi connectivity index (χ4v) is 4.68. The van der Waals surface area contributed by atoms with Gasteiger partial charge in [0.05, 0.1) is 34.1 Å². The van der Waals surface area contributed by atoms with E-state index in [1.54, 1.807) is 23.1 Å². The second-order valence-corrected chi connectivity index (χ2v) is 8.07. The fraction of sp³-hybridized carbons (Fsp3) is 0.273. The standard InChI is InChI=1S/C22H22N4O3S/c1-5-29-21(28)18-14(3)23-22-26(19(18)15-9-7-6-8-10-15)20(27)17(30-22)11-16-12-25(4)24-13(16)2/h6-12,19H,5H2,1-4H3/t19-/m1/s1. The molecule has 0 amide bonds. The first-order valence-corrected chi connectivity index (χ1v) is 10.5. The van der Waals surface area contributed by atoms with Gasteiger partial charge in [0.15, 0.2) is 4.80 Å². The third-order valence-electron chi connectivity index (χ3n) is 4.97. The van der Waals surface area contributed by atoms with Crippen molar-refractivity contribution < 1.29 is 9.53 Å². The Morgan fingerprint density at radius 2 is 2.00 bits per heavy atom. The number of ether oxygens (including phenoxy) is 1. The number of hydrogen-bond acceptors (Lipinski definition) is 6. The van der Waals surface area contributed by atoms with Crippen LogP contribution >= 0.6 is 11.3 Å². The molecule has 0 N–H and O–H groups in total. The highest BCUT2D eigenvalue weighted by Gasteiger charge is 2.33. The van der Waals surface area contributed by atoms with E-state index in [-0.39, 0.29) is 12.2 Å². The van der Waals surface area contributed by atoms with Crippen LogP contribution in [0.4, 0.5) is 0 Å². The van der Waals surface area contributed by atoms with Crippen LogP contribution in [0.15, 0.2) is 57.6 Å². The van der Waals surface area contributed by atoms with Gasteiger partial charge in [0, 0.05) is 18.8 Å². The first-order valence-electron chi connectivity index (χ1n) is 9.65. The quantitative estimate of drug-likeness (QED) is 0.601. The molecule has 1 aliphatic heterocycles. The van der Waals surface area contributed by atoms with Crippen LogP contribution in [0.5, 0.6) is 0 Å². The van der Waals surface area contributed by atoms with Crippen molar-refractivity contribution in [1.29, 1.82) is 0 Å². The molecule has 3 aromatic rings.